The van der Waals surface area contributed by atoms with E-state index in [2.05, 4.69) is 0 Å². The first-order valence-electron chi connectivity index (χ1n) is 5.64. The van der Waals surface area contributed by atoms with Gasteiger partial charge >= 0.3 is 0 Å². The van der Waals surface area contributed by atoms with Crippen molar-refractivity contribution in [3.05, 3.63) is 52.8 Å². The Hall–Kier alpha value is -1.78. The molecule has 0 aliphatic heterocycles. The van der Waals surface area contributed by atoms with E-state index >= 15 is 0 Å². The molecule has 2 aromatic rings. The Labute approximate surface area is 115 Å². The van der Waals surface area contributed by atoms with Crippen LogP contribution in [-0.4, -0.2) is 7.11 Å². The second kappa shape index (κ2) is 5.91. The first-order valence-corrected chi connectivity index (χ1v) is 6.01. The van der Waals surface area contributed by atoms with Gasteiger partial charge in [0.1, 0.15) is 23.1 Å². The highest BCUT2D eigenvalue weighted by Gasteiger charge is 2.09. The zero-order valence-corrected chi connectivity index (χ0v) is 11.1. The third kappa shape index (κ3) is 3.16. The van der Waals surface area contributed by atoms with Gasteiger partial charge in [-0.15, -0.1) is 0 Å². The molecule has 0 radical (unpaired) electrons. The Morgan fingerprint density at radius 3 is 2.58 bits per heavy atom. The molecule has 5 heteroatoms. The minimum Gasteiger partial charge on any atom is -0.497 e. The van der Waals surface area contributed by atoms with E-state index in [-0.39, 0.29) is 5.02 Å². The molecule has 0 saturated carbocycles. The fraction of sp³-hybridized carbons (Fsp3) is 0.143. The molecule has 2 N–H and O–H groups in total. The molecule has 0 unspecified atom stereocenters. The minimum absolute atomic E-state index is 0.200. The molecule has 0 amide bonds. The average molecular weight is 282 g/mol. The molecular weight excluding hydrogens is 269 g/mol. The molecule has 0 aliphatic carbocycles. The number of benzene rings is 2. The zero-order chi connectivity index (χ0) is 13.8. The van der Waals surface area contributed by atoms with E-state index in [1.165, 1.54) is 18.2 Å². The Morgan fingerprint density at radius 2 is 1.95 bits per heavy atom. The van der Waals surface area contributed by atoms with Crippen molar-refractivity contribution in [2.75, 3.05) is 7.11 Å². The maximum Gasteiger partial charge on any atom is 0.146 e. The third-order valence-corrected chi connectivity index (χ3v) is 2.90. The van der Waals surface area contributed by atoms with E-state index in [0.29, 0.717) is 23.8 Å². The average Bonchev–Trinajstić information content (AvgIpc) is 2.41. The lowest BCUT2D eigenvalue weighted by molar-refractivity contribution is 0.408. The fourth-order valence-electron chi connectivity index (χ4n) is 1.60. The van der Waals surface area contributed by atoms with Crippen LogP contribution >= 0.6 is 11.6 Å². The quantitative estimate of drug-likeness (QED) is 0.928. The molecule has 0 aliphatic rings. The van der Waals surface area contributed by atoms with Gasteiger partial charge in [-0.25, -0.2) is 4.39 Å². The highest BCUT2D eigenvalue weighted by molar-refractivity contribution is 6.32. The van der Waals surface area contributed by atoms with Crippen LogP contribution in [0.4, 0.5) is 4.39 Å². The van der Waals surface area contributed by atoms with E-state index < -0.39 is 5.82 Å². The van der Waals surface area contributed by atoms with E-state index in [4.69, 9.17) is 26.8 Å². The summed E-state index contributed by atoms with van der Waals surface area (Å²) in [5.41, 5.74) is 6.45. The smallest absolute Gasteiger partial charge is 0.146 e. The maximum atomic E-state index is 13.0. The van der Waals surface area contributed by atoms with Crippen molar-refractivity contribution in [3.8, 4) is 17.2 Å². The monoisotopic (exact) mass is 281 g/mol. The predicted octanol–water partition coefficient (Wildman–Crippen LogP) is 3.74. The second-order valence-corrected chi connectivity index (χ2v) is 4.26. The van der Waals surface area contributed by atoms with Crippen molar-refractivity contribution in [3.63, 3.8) is 0 Å². The second-order valence-electron chi connectivity index (χ2n) is 3.85. The Bertz CT molecular complexity index is 590. The molecule has 3 nitrogen and oxygen atoms in total. The molecule has 0 aromatic heterocycles. The standard InChI is InChI=1S/C14H13ClFNO2/c1-18-11-4-2-9(8-17)14(7-11)19-13-5-3-10(16)6-12(13)15/h2-7H,8,17H2,1H3. The summed E-state index contributed by atoms with van der Waals surface area (Å²) in [7, 11) is 1.56. The van der Waals surface area contributed by atoms with Gasteiger partial charge in [-0.05, 0) is 24.3 Å². The van der Waals surface area contributed by atoms with Crippen molar-refractivity contribution in [1.82, 2.24) is 0 Å². The van der Waals surface area contributed by atoms with E-state index in [9.17, 15) is 4.39 Å². The SMILES string of the molecule is COc1ccc(CN)c(Oc2ccc(F)cc2Cl)c1. The van der Waals surface area contributed by atoms with Crippen LogP contribution in [0.25, 0.3) is 0 Å². The predicted molar refractivity (Wildman–Crippen MR) is 72.4 cm³/mol. The summed E-state index contributed by atoms with van der Waals surface area (Å²) in [5, 5.41) is 0.200. The van der Waals surface area contributed by atoms with E-state index in [0.717, 1.165) is 5.56 Å². The van der Waals surface area contributed by atoms with Crippen molar-refractivity contribution >= 4 is 11.6 Å². The fourth-order valence-corrected chi connectivity index (χ4v) is 1.81. The summed E-state index contributed by atoms with van der Waals surface area (Å²) < 4.78 is 23.8. The number of rotatable bonds is 4. The highest BCUT2D eigenvalue weighted by Crippen LogP contribution is 2.33. The number of hydrogen-bond donors (Lipinski definition) is 1. The third-order valence-electron chi connectivity index (χ3n) is 2.61. The van der Waals surface area contributed by atoms with Gasteiger partial charge in [-0.3, -0.25) is 0 Å². The minimum atomic E-state index is -0.415. The Kier molecular flexibility index (Phi) is 4.24. The van der Waals surface area contributed by atoms with Gasteiger partial charge in [0.2, 0.25) is 0 Å². The van der Waals surface area contributed by atoms with Crippen LogP contribution in [0.1, 0.15) is 5.56 Å². The summed E-state index contributed by atoms with van der Waals surface area (Å²) in [6.45, 7) is 0.318. The van der Waals surface area contributed by atoms with Crippen molar-refractivity contribution in [1.29, 1.82) is 0 Å². The van der Waals surface area contributed by atoms with Crippen LogP contribution < -0.4 is 15.2 Å². The molecule has 19 heavy (non-hydrogen) atoms. The molecule has 2 rings (SSSR count). The summed E-state index contributed by atoms with van der Waals surface area (Å²) in [6, 6.07) is 9.26. The molecule has 0 atom stereocenters. The lowest BCUT2D eigenvalue weighted by Crippen LogP contribution is -2.00. The lowest BCUT2D eigenvalue weighted by atomic mass is 10.2. The van der Waals surface area contributed by atoms with Gasteiger partial charge in [-0.2, -0.15) is 0 Å². The highest BCUT2D eigenvalue weighted by atomic mass is 35.5. The van der Waals surface area contributed by atoms with Crippen LogP contribution in [0.5, 0.6) is 17.2 Å². The molecule has 0 fully saturated rings. The molecule has 0 spiro atoms. The van der Waals surface area contributed by atoms with Crippen LogP contribution in [0.2, 0.25) is 5.02 Å². The maximum absolute atomic E-state index is 13.0. The molecule has 0 saturated heterocycles. The van der Waals surface area contributed by atoms with Gasteiger partial charge in [-0.1, -0.05) is 17.7 Å². The first-order chi connectivity index (χ1) is 9.13. The first kappa shape index (κ1) is 13.6. The molecule has 0 bridgehead atoms. The Balaban J connectivity index is 2.36. The normalized spacial score (nSPS) is 10.3. The van der Waals surface area contributed by atoms with Crippen molar-refractivity contribution in [2.24, 2.45) is 5.73 Å². The van der Waals surface area contributed by atoms with Gasteiger partial charge < -0.3 is 15.2 Å². The molecular formula is C14H13ClFNO2. The van der Waals surface area contributed by atoms with Gasteiger partial charge in [0, 0.05) is 18.2 Å². The van der Waals surface area contributed by atoms with Crippen LogP contribution in [0, 0.1) is 5.82 Å². The molecule has 0 heterocycles. The lowest BCUT2D eigenvalue weighted by Gasteiger charge is -2.12. The van der Waals surface area contributed by atoms with Crippen molar-refractivity contribution in [2.45, 2.75) is 6.54 Å². The summed E-state index contributed by atoms with van der Waals surface area (Å²) in [5.74, 6) is 1.13. The molecule has 100 valence electrons. The number of nitrogens with two attached hydrogens (primary N) is 1. The van der Waals surface area contributed by atoms with Crippen LogP contribution in [0.3, 0.4) is 0 Å². The van der Waals surface area contributed by atoms with Gasteiger partial charge in [0.05, 0.1) is 12.1 Å². The van der Waals surface area contributed by atoms with Crippen molar-refractivity contribution < 1.29 is 13.9 Å². The number of ether oxygens (including phenoxy) is 2. The topological polar surface area (TPSA) is 44.5 Å². The summed E-state index contributed by atoms with van der Waals surface area (Å²) in [6.07, 6.45) is 0. The summed E-state index contributed by atoms with van der Waals surface area (Å²) >= 11 is 5.92. The summed E-state index contributed by atoms with van der Waals surface area (Å²) in [4.78, 5) is 0. The molecule has 2 aromatic carbocycles. The Morgan fingerprint density at radius 1 is 1.16 bits per heavy atom. The van der Waals surface area contributed by atoms with E-state index in [1.807, 2.05) is 6.07 Å². The number of methoxy groups -OCH3 is 1. The van der Waals surface area contributed by atoms with Crippen LogP contribution in [-0.2, 0) is 6.54 Å². The number of hydrogen-bond acceptors (Lipinski definition) is 3. The number of halogens is 2. The van der Waals surface area contributed by atoms with Crippen LogP contribution in [0.15, 0.2) is 36.4 Å². The van der Waals surface area contributed by atoms with Gasteiger partial charge in [0.15, 0.2) is 0 Å². The largest absolute Gasteiger partial charge is 0.497 e. The van der Waals surface area contributed by atoms with Gasteiger partial charge in [0.25, 0.3) is 0 Å². The zero-order valence-electron chi connectivity index (χ0n) is 10.3. The van der Waals surface area contributed by atoms with E-state index in [1.54, 1.807) is 19.2 Å².